The molecule has 0 bridgehead atoms. The van der Waals surface area contributed by atoms with Crippen LogP contribution < -0.4 is 4.74 Å². The summed E-state index contributed by atoms with van der Waals surface area (Å²) in [6, 6.07) is 7.78. The van der Waals surface area contributed by atoms with Gasteiger partial charge >= 0.3 is 5.97 Å². The summed E-state index contributed by atoms with van der Waals surface area (Å²) in [5.74, 6) is -0.281. The number of nitrogens with zero attached hydrogens (tertiary/aromatic N) is 3. The average molecular weight is 327 g/mol. The van der Waals surface area contributed by atoms with E-state index in [9.17, 15) is 20.0 Å². The van der Waals surface area contributed by atoms with Crippen molar-refractivity contribution in [1.82, 2.24) is 9.55 Å². The molecule has 122 valence electrons. The first kappa shape index (κ1) is 15.5. The predicted molar refractivity (Wildman–Crippen MR) is 85.6 cm³/mol. The zero-order chi connectivity index (χ0) is 17.4. The van der Waals surface area contributed by atoms with Crippen LogP contribution >= 0.6 is 0 Å². The van der Waals surface area contributed by atoms with Crippen molar-refractivity contribution in [3.63, 3.8) is 0 Å². The minimum Gasteiger partial charge on any atom is -0.477 e. The van der Waals surface area contributed by atoms with E-state index in [2.05, 4.69) is 4.98 Å². The highest BCUT2D eigenvalue weighted by molar-refractivity contribution is 5.96. The van der Waals surface area contributed by atoms with Crippen molar-refractivity contribution < 1.29 is 19.6 Å². The maximum absolute atomic E-state index is 11.2. The number of carbonyl (C=O) groups is 1. The molecule has 0 unspecified atom stereocenters. The van der Waals surface area contributed by atoms with Crippen LogP contribution in [-0.2, 0) is 7.05 Å². The first-order valence-electron chi connectivity index (χ1n) is 6.99. The highest BCUT2D eigenvalue weighted by atomic mass is 16.6. The summed E-state index contributed by atoms with van der Waals surface area (Å²) >= 11 is 0. The van der Waals surface area contributed by atoms with Gasteiger partial charge < -0.3 is 14.4 Å². The number of carboxylic acid groups (broad SMARTS) is 1. The first-order chi connectivity index (χ1) is 11.4. The fourth-order valence-corrected chi connectivity index (χ4v) is 2.50. The largest absolute Gasteiger partial charge is 0.477 e. The maximum Gasteiger partial charge on any atom is 0.352 e. The Morgan fingerprint density at radius 2 is 2.08 bits per heavy atom. The molecule has 3 rings (SSSR count). The van der Waals surface area contributed by atoms with E-state index in [4.69, 9.17) is 4.74 Å². The van der Waals surface area contributed by atoms with Gasteiger partial charge in [0.05, 0.1) is 4.92 Å². The predicted octanol–water partition coefficient (Wildman–Crippen LogP) is 3.28. The van der Waals surface area contributed by atoms with Gasteiger partial charge in [-0.25, -0.2) is 9.78 Å². The molecule has 3 aromatic rings. The highest BCUT2D eigenvalue weighted by Crippen LogP contribution is 2.32. The van der Waals surface area contributed by atoms with Crippen molar-refractivity contribution in [3.8, 4) is 11.6 Å². The van der Waals surface area contributed by atoms with Gasteiger partial charge in [0.25, 0.3) is 5.69 Å². The molecule has 8 nitrogen and oxygen atoms in total. The SMILES string of the molecule is Cc1c(Oc2ccc([N+](=O)[O-])cn2)ccc2c1cc(C(=O)O)n2C. The Morgan fingerprint density at radius 1 is 1.33 bits per heavy atom. The lowest BCUT2D eigenvalue weighted by molar-refractivity contribution is -0.385. The fraction of sp³-hybridized carbons (Fsp3) is 0.125. The minimum absolute atomic E-state index is 0.122. The normalized spacial score (nSPS) is 10.8. The van der Waals surface area contributed by atoms with Crippen molar-refractivity contribution in [1.29, 1.82) is 0 Å². The molecular weight excluding hydrogens is 314 g/mol. The average Bonchev–Trinajstić information content (AvgIpc) is 2.89. The second-order valence-electron chi connectivity index (χ2n) is 5.23. The van der Waals surface area contributed by atoms with Crippen molar-refractivity contribution in [3.05, 3.63) is 57.9 Å². The zero-order valence-electron chi connectivity index (χ0n) is 12.9. The molecule has 2 heterocycles. The zero-order valence-corrected chi connectivity index (χ0v) is 12.9. The van der Waals surface area contributed by atoms with Crippen LogP contribution in [0.3, 0.4) is 0 Å². The molecule has 0 aliphatic heterocycles. The van der Waals surface area contributed by atoms with Gasteiger partial charge in [-0.1, -0.05) is 0 Å². The van der Waals surface area contributed by atoms with Crippen molar-refractivity contribution in [2.45, 2.75) is 6.92 Å². The summed E-state index contributed by atoms with van der Waals surface area (Å²) in [6.07, 6.45) is 1.12. The number of ether oxygens (including phenoxy) is 1. The number of benzene rings is 1. The van der Waals surface area contributed by atoms with Crippen LogP contribution in [0.15, 0.2) is 36.5 Å². The number of fused-ring (bicyclic) bond motifs is 1. The lowest BCUT2D eigenvalue weighted by Gasteiger charge is -2.09. The third-order valence-corrected chi connectivity index (χ3v) is 3.81. The van der Waals surface area contributed by atoms with E-state index < -0.39 is 10.9 Å². The van der Waals surface area contributed by atoms with Crippen LogP contribution in [0, 0.1) is 17.0 Å². The Balaban J connectivity index is 1.99. The topological polar surface area (TPSA) is 107 Å². The van der Waals surface area contributed by atoms with Crippen LogP contribution in [0.5, 0.6) is 11.6 Å². The molecule has 0 aliphatic carbocycles. The lowest BCUT2D eigenvalue weighted by atomic mass is 10.1. The van der Waals surface area contributed by atoms with Gasteiger partial charge in [-0.15, -0.1) is 0 Å². The van der Waals surface area contributed by atoms with Gasteiger partial charge in [-0.3, -0.25) is 10.1 Å². The molecule has 0 atom stereocenters. The number of hydrogen-bond acceptors (Lipinski definition) is 5. The third kappa shape index (κ3) is 2.54. The molecule has 0 radical (unpaired) electrons. The fourth-order valence-electron chi connectivity index (χ4n) is 2.50. The van der Waals surface area contributed by atoms with Crippen LogP contribution in [0.1, 0.15) is 16.1 Å². The Hall–Kier alpha value is -3.42. The third-order valence-electron chi connectivity index (χ3n) is 3.81. The summed E-state index contributed by atoms with van der Waals surface area (Å²) < 4.78 is 7.27. The summed E-state index contributed by atoms with van der Waals surface area (Å²) in [5.41, 5.74) is 1.59. The second kappa shape index (κ2) is 5.65. The molecule has 0 fully saturated rings. The smallest absolute Gasteiger partial charge is 0.352 e. The summed E-state index contributed by atoms with van der Waals surface area (Å²) in [7, 11) is 1.68. The van der Waals surface area contributed by atoms with E-state index in [1.165, 1.54) is 12.1 Å². The number of aromatic carboxylic acids is 1. The molecule has 0 saturated carbocycles. The standard InChI is InChI=1S/C16H13N3O5/c1-9-11-7-13(16(20)21)18(2)12(11)4-5-14(9)24-15-6-3-10(8-17-15)19(22)23/h3-8H,1-2H3,(H,20,21). The van der Waals surface area contributed by atoms with E-state index in [1.807, 2.05) is 6.92 Å². The Bertz CT molecular complexity index is 960. The number of rotatable bonds is 4. The Morgan fingerprint density at radius 3 is 2.67 bits per heavy atom. The molecule has 24 heavy (non-hydrogen) atoms. The molecule has 0 aliphatic rings. The maximum atomic E-state index is 11.2. The van der Waals surface area contributed by atoms with Crippen LogP contribution in [0.2, 0.25) is 0 Å². The van der Waals surface area contributed by atoms with Gasteiger partial charge in [0.2, 0.25) is 5.88 Å². The van der Waals surface area contributed by atoms with E-state index in [1.54, 1.807) is 29.8 Å². The number of pyridine rings is 1. The molecule has 8 heteroatoms. The molecule has 1 N–H and O–H groups in total. The number of nitro groups is 1. The summed E-state index contributed by atoms with van der Waals surface area (Å²) in [4.78, 5) is 25.3. The quantitative estimate of drug-likeness (QED) is 0.582. The number of hydrogen-bond donors (Lipinski definition) is 1. The molecule has 0 spiro atoms. The molecular formula is C16H13N3O5. The van der Waals surface area contributed by atoms with E-state index in [0.717, 1.165) is 22.7 Å². The Labute approximate surface area is 136 Å². The van der Waals surface area contributed by atoms with Gasteiger partial charge in [0.1, 0.15) is 17.6 Å². The molecule has 2 aromatic heterocycles. The second-order valence-corrected chi connectivity index (χ2v) is 5.23. The number of aryl methyl sites for hydroxylation is 2. The van der Waals surface area contributed by atoms with Crippen molar-refractivity contribution in [2.24, 2.45) is 7.05 Å². The van der Waals surface area contributed by atoms with Gasteiger partial charge in [-0.05, 0) is 25.1 Å². The van der Waals surface area contributed by atoms with E-state index in [-0.39, 0.29) is 17.3 Å². The highest BCUT2D eigenvalue weighted by Gasteiger charge is 2.16. The molecule has 1 aromatic carbocycles. The van der Waals surface area contributed by atoms with Crippen LogP contribution in [0.25, 0.3) is 10.9 Å². The number of carboxylic acids is 1. The van der Waals surface area contributed by atoms with Crippen molar-refractivity contribution >= 4 is 22.6 Å². The van der Waals surface area contributed by atoms with Gasteiger partial charge in [0, 0.05) is 35.6 Å². The summed E-state index contributed by atoms with van der Waals surface area (Å²) in [5, 5.41) is 20.6. The van der Waals surface area contributed by atoms with E-state index in [0.29, 0.717) is 5.75 Å². The number of aromatic nitrogens is 2. The Kier molecular flexibility index (Phi) is 3.64. The summed E-state index contributed by atoms with van der Waals surface area (Å²) in [6.45, 7) is 1.81. The van der Waals surface area contributed by atoms with E-state index >= 15 is 0 Å². The minimum atomic E-state index is -1.01. The monoisotopic (exact) mass is 327 g/mol. The van der Waals surface area contributed by atoms with Crippen LogP contribution in [-0.4, -0.2) is 25.6 Å². The van der Waals surface area contributed by atoms with Crippen LogP contribution in [0.4, 0.5) is 5.69 Å². The van der Waals surface area contributed by atoms with Gasteiger partial charge in [0.15, 0.2) is 0 Å². The lowest BCUT2D eigenvalue weighted by Crippen LogP contribution is -2.03. The molecule has 0 saturated heterocycles. The van der Waals surface area contributed by atoms with Crippen molar-refractivity contribution in [2.75, 3.05) is 0 Å². The molecule has 0 amide bonds. The van der Waals surface area contributed by atoms with Gasteiger partial charge in [-0.2, -0.15) is 0 Å². The first-order valence-corrected chi connectivity index (χ1v) is 6.99.